The number of rotatable bonds is 11. The summed E-state index contributed by atoms with van der Waals surface area (Å²) in [5.41, 5.74) is 0.807. The first kappa shape index (κ1) is 31.6. The number of alkyl halides is 3. The smallest absolute Gasteiger partial charge is 0.354 e. The Labute approximate surface area is 245 Å². The van der Waals surface area contributed by atoms with Crippen LogP contribution in [0, 0.1) is 18.6 Å². The van der Waals surface area contributed by atoms with E-state index in [2.05, 4.69) is 25.9 Å². The third kappa shape index (κ3) is 6.85. The molecule has 1 aromatic heterocycles. The van der Waals surface area contributed by atoms with E-state index >= 15 is 0 Å². The van der Waals surface area contributed by atoms with Crippen molar-refractivity contribution in [2.24, 2.45) is 0 Å². The topological polar surface area (TPSA) is 102 Å². The van der Waals surface area contributed by atoms with E-state index in [-0.39, 0.29) is 48.2 Å². The van der Waals surface area contributed by atoms with Gasteiger partial charge in [0.15, 0.2) is 5.82 Å². The number of nitrogens with zero attached hydrogens (tertiary/aromatic N) is 4. The lowest BCUT2D eigenvalue weighted by molar-refractivity contribution is -0.170. The second-order valence-electron chi connectivity index (χ2n) is 9.85. The molecule has 4 rings (SSSR count). The van der Waals surface area contributed by atoms with Gasteiger partial charge in [0.25, 0.3) is 0 Å². The van der Waals surface area contributed by atoms with Gasteiger partial charge in [0.2, 0.25) is 5.95 Å². The first-order chi connectivity index (χ1) is 20.5. The Bertz CT molecular complexity index is 1480. The monoisotopic (exact) mass is 605 g/mol. The van der Waals surface area contributed by atoms with Crippen LogP contribution in [0.5, 0.6) is 0 Å². The van der Waals surface area contributed by atoms with Crippen LogP contribution in [-0.2, 0) is 11.3 Å². The molecule has 0 spiro atoms. The summed E-state index contributed by atoms with van der Waals surface area (Å²) in [5, 5.41) is 8.84. The zero-order valence-corrected chi connectivity index (χ0v) is 23.9. The summed E-state index contributed by atoms with van der Waals surface area (Å²) in [5.74, 6) is -4.05. The van der Waals surface area contributed by atoms with E-state index in [1.807, 2.05) is 6.92 Å². The summed E-state index contributed by atoms with van der Waals surface area (Å²) >= 11 is 0. The van der Waals surface area contributed by atoms with Gasteiger partial charge in [-0.25, -0.2) is 23.5 Å². The number of aryl methyl sites for hydroxylation is 1. The highest BCUT2D eigenvalue weighted by molar-refractivity contribution is 6.02. The minimum Gasteiger partial charge on any atom is -0.354 e. The molecular weight excluding hydrogens is 573 g/mol. The number of carbonyl (C=O) groups excluding carboxylic acids is 2. The highest BCUT2D eigenvalue weighted by Gasteiger charge is 2.43. The van der Waals surface area contributed by atoms with Gasteiger partial charge in [-0.2, -0.15) is 18.2 Å². The number of para-hydroxylation sites is 1. The van der Waals surface area contributed by atoms with Gasteiger partial charge in [0.1, 0.15) is 17.3 Å². The largest absolute Gasteiger partial charge is 0.471 e. The maximum atomic E-state index is 14.9. The Morgan fingerprint density at radius 2 is 1.81 bits per heavy atom. The van der Waals surface area contributed by atoms with E-state index in [1.54, 1.807) is 19.9 Å². The number of amides is 3. The lowest BCUT2D eigenvalue weighted by Gasteiger charge is -2.31. The van der Waals surface area contributed by atoms with E-state index in [1.165, 1.54) is 18.2 Å². The van der Waals surface area contributed by atoms with Crippen molar-refractivity contribution in [3.8, 4) is 11.3 Å². The third-order valence-electron chi connectivity index (χ3n) is 6.76. The van der Waals surface area contributed by atoms with E-state index in [4.69, 9.17) is 0 Å². The number of benzene rings is 2. The fourth-order valence-corrected chi connectivity index (χ4v) is 4.72. The summed E-state index contributed by atoms with van der Waals surface area (Å²) < 4.78 is 70.3. The second-order valence-corrected chi connectivity index (χ2v) is 9.85. The number of urea groups is 1. The quantitative estimate of drug-likeness (QED) is 0.188. The van der Waals surface area contributed by atoms with Gasteiger partial charge < -0.3 is 20.9 Å². The maximum absolute atomic E-state index is 14.9. The first-order valence-electron chi connectivity index (χ1n) is 13.8. The highest BCUT2D eigenvalue weighted by Crippen LogP contribution is 2.40. The number of hydrogen-bond acceptors (Lipinski definition) is 6. The molecule has 1 aliphatic heterocycles. The molecule has 0 bridgehead atoms. The molecule has 0 saturated heterocycles. The predicted molar refractivity (Wildman–Crippen MR) is 153 cm³/mol. The zero-order chi connectivity index (χ0) is 31.3. The Morgan fingerprint density at radius 3 is 2.47 bits per heavy atom. The summed E-state index contributed by atoms with van der Waals surface area (Å²) in [6, 6.07) is 6.74. The molecule has 0 saturated carbocycles. The van der Waals surface area contributed by atoms with Gasteiger partial charge in [-0.1, -0.05) is 26.0 Å². The molecule has 9 nitrogen and oxygen atoms in total. The van der Waals surface area contributed by atoms with Crippen molar-refractivity contribution in [3.63, 3.8) is 0 Å². The Kier molecular flexibility index (Phi) is 9.79. The van der Waals surface area contributed by atoms with Crippen molar-refractivity contribution in [1.82, 2.24) is 20.6 Å². The number of carbonyl (C=O) groups is 2. The Balaban J connectivity index is 1.90. The van der Waals surface area contributed by atoms with E-state index in [9.17, 15) is 31.5 Å². The predicted octanol–water partition coefficient (Wildman–Crippen LogP) is 5.81. The van der Waals surface area contributed by atoms with Crippen LogP contribution in [0.1, 0.15) is 37.8 Å². The van der Waals surface area contributed by atoms with Crippen LogP contribution >= 0.6 is 0 Å². The Morgan fingerprint density at radius 1 is 1.09 bits per heavy atom. The Hall–Kier alpha value is -4.33. The molecule has 3 N–H and O–H groups in total. The van der Waals surface area contributed by atoms with Gasteiger partial charge in [0.05, 0.1) is 12.2 Å². The summed E-state index contributed by atoms with van der Waals surface area (Å²) in [7, 11) is 0. The van der Waals surface area contributed by atoms with E-state index in [0.29, 0.717) is 35.5 Å². The SMILES string of the molecule is CCCN(C(=O)C(F)(F)F)c1ccc(C)c(-c2nc(NCCCNCC)nc3c2CNC(=O)N3c2c(F)cccc2F)c1. The molecule has 14 heteroatoms. The fourth-order valence-electron chi connectivity index (χ4n) is 4.72. The molecule has 0 aliphatic carbocycles. The molecule has 230 valence electrons. The number of nitrogens with one attached hydrogen (secondary N) is 3. The lowest BCUT2D eigenvalue weighted by Crippen LogP contribution is -2.43. The van der Waals surface area contributed by atoms with Crippen LogP contribution in [0.4, 0.5) is 49.9 Å². The molecule has 0 atom stereocenters. The summed E-state index contributed by atoms with van der Waals surface area (Å²) in [4.78, 5) is 35.9. The number of aromatic nitrogens is 2. The average molecular weight is 606 g/mol. The standard InChI is InChI=1S/C29H32F5N7O2/c1-4-14-40(26(42)29(32,33)34)18-11-10-17(3)19(15-18)23-20-16-37-28(43)41(24-21(30)8-6-9-22(24)31)25(20)39-27(38-23)36-13-7-12-35-5-2/h6,8-11,15,35H,4-5,7,12-14,16H2,1-3H3,(H,37,43)(H,36,38,39). The van der Waals surface area contributed by atoms with Crippen LogP contribution < -0.4 is 25.8 Å². The van der Waals surface area contributed by atoms with E-state index < -0.39 is 35.4 Å². The molecule has 3 amide bonds. The van der Waals surface area contributed by atoms with Crippen molar-refractivity contribution in [2.75, 3.05) is 41.3 Å². The summed E-state index contributed by atoms with van der Waals surface area (Å²) in [6.07, 6.45) is -4.15. The van der Waals surface area contributed by atoms with Crippen LogP contribution in [0.2, 0.25) is 0 Å². The third-order valence-corrected chi connectivity index (χ3v) is 6.76. The molecule has 3 aromatic rings. The molecule has 43 heavy (non-hydrogen) atoms. The van der Waals surface area contributed by atoms with Gasteiger partial charge in [-0.05, 0) is 62.7 Å². The van der Waals surface area contributed by atoms with Crippen LogP contribution in [-0.4, -0.2) is 54.3 Å². The average Bonchev–Trinajstić information content (AvgIpc) is 2.96. The second kappa shape index (κ2) is 13.3. The van der Waals surface area contributed by atoms with Gasteiger partial charge in [-0.15, -0.1) is 0 Å². The van der Waals surface area contributed by atoms with Crippen molar-refractivity contribution in [1.29, 1.82) is 0 Å². The molecule has 1 aliphatic rings. The fraction of sp³-hybridized carbons (Fsp3) is 0.379. The van der Waals surface area contributed by atoms with Gasteiger partial charge in [0, 0.05) is 29.9 Å². The van der Waals surface area contributed by atoms with Gasteiger partial charge >= 0.3 is 18.1 Å². The lowest BCUT2D eigenvalue weighted by atomic mass is 9.99. The van der Waals surface area contributed by atoms with Crippen LogP contribution in [0.15, 0.2) is 36.4 Å². The molecule has 0 unspecified atom stereocenters. The minimum atomic E-state index is -5.09. The first-order valence-corrected chi connectivity index (χ1v) is 13.8. The number of anilines is 4. The van der Waals surface area contributed by atoms with Crippen LogP contribution in [0.25, 0.3) is 11.3 Å². The zero-order valence-electron chi connectivity index (χ0n) is 23.9. The number of fused-ring (bicyclic) bond motifs is 1. The number of hydrogen-bond donors (Lipinski definition) is 3. The normalized spacial score (nSPS) is 13.0. The van der Waals surface area contributed by atoms with Crippen molar-refractivity contribution >= 4 is 35.1 Å². The van der Waals surface area contributed by atoms with Crippen LogP contribution in [0.3, 0.4) is 0 Å². The highest BCUT2D eigenvalue weighted by atomic mass is 19.4. The summed E-state index contributed by atoms with van der Waals surface area (Å²) in [6.45, 7) is 6.90. The minimum absolute atomic E-state index is 0.00543. The molecular formula is C29H32F5N7O2. The molecule has 0 radical (unpaired) electrons. The molecule has 0 fully saturated rings. The molecule has 2 heterocycles. The number of halogens is 5. The maximum Gasteiger partial charge on any atom is 0.471 e. The van der Waals surface area contributed by atoms with Gasteiger partial charge in [-0.3, -0.25) is 4.79 Å². The van der Waals surface area contributed by atoms with Crippen molar-refractivity contribution < 1.29 is 31.5 Å². The molecule has 2 aromatic carbocycles. The van der Waals surface area contributed by atoms with Crippen molar-refractivity contribution in [2.45, 2.75) is 46.3 Å². The van der Waals surface area contributed by atoms with Crippen molar-refractivity contribution in [3.05, 3.63) is 59.2 Å². The van der Waals surface area contributed by atoms with E-state index in [0.717, 1.165) is 23.6 Å².